The highest BCUT2D eigenvalue weighted by atomic mass is 16.7. The van der Waals surface area contributed by atoms with Crippen LogP contribution in [0.2, 0.25) is 0 Å². The summed E-state index contributed by atoms with van der Waals surface area (Å²) in [6.45, 7) is 7.90. The maximum atomic E-state index is 15.4. The highest BCUT2D eigenvalue weighted by Crippen LogP contribution is 2.83. The number of carbonyl (C=O) groups is 4. The summed E-state index contributed by atoms with van der Waals surface area (Å²) >= 11 is 0. The summed E-state index contributed by atoms with van der Waals surface area (Å²) in [5, 5.41) is 24.9. The molecular weight excluding hydrogens is 660 g/mol. The number of aliphatic hydroxyl groups is 2. The van der Waals surface area contributed by atoms with Gasteiger partial charge in [0, 0.05) is 49.4 Å². The summed E-state index contributed by atoms with van der Waals surface area (Å²) in [4.78, 5) is 54.1. The Bertz CT molecular complexity index is 1740. The third-order valence-electron chi connectivity index (χ3n) is 14.3. The van der Waals surface area contributed by atoms with E-state index in [0.717, 1.165) is 11.1 Å². The Morgan fingerprint density at radius 3 is 2.29 bits per heavy atom. The van der Waals surface area contributed by atoms with Crippen molar-refractivity contribution in [1.82, 2.24) is 0 Å². The van der Waals surface area contributed by atoms with Crippen molar-refractivity contribution in [2.75, 3.05) is 6.61 Å². The van der Waals surface area contributed by atoms with Gasteiger partial charge in [0.05, 0.1) is 48.3 Å². The van der Waals surface area contributed by atoms with E-state index in [1.54, 1.807) is 19.5 Å². The van der Waals surface area contributed by atoms with Crippen molar-refractivity contribution in [3.8, 4) is 0 Å². The lowest BCUT2D eigenvalue weighted by Gasteiger charge is -2.73. The van der Waals surface area contributed by atoms with Gasteiger partial charge in [0.25, 0.3) is 0 Å². The molecule has 2 saturated heterocycles. The van der Waals surface area contributed by atoms with E-state index in [4.69, 9.17) is 28.1 Å². The van der Waals surface area contributed by atoms with E-state index in [-0.39, 0.29) is 37.9 Å². The van der Waals surface area contributed by atoms with Crippen molar-refractivity contribution in [1.29, 1.82) is 0 Å². The molecule has 8 rings (SSSR count). The fraction of sp³-hybridized carbons (Fsp3) is 0.641. The van der Waals surface area contributed by atoms with Crippen molar-refractivity contribution in [2.45, 2.75) is 115 Å². The predicted molar refractivity (Wildman–Crippen MR) is 175 cm³/mol. The van der Waals surface area contributed by atoms with Crippen LogP contribution in [-0.2, 0) is 49.3 Å². The van der Waals surface area contributed by atoms with Crippen molar-refractivity contribution in [2.24, 2.45) is 33.5 Å². The highest BCUT2D eigenvalue weighted by molar-refractivity contribution is 5.93. The fourth-order valence-corrected chi connectivity index (χ4v) is 12.2. The number of ketones is 1. The van der Waals surface area contributed by atoms with Crippen LogP contribution in [0.3, 0.4) is 0 Å². The number of esters is 3. The van der Waals surface area contributed by atoms with E-state index in [1.165, 1.54) is 13.8 Å². The molecule has 4 saturated carbocycles. The second-order valence-corrected chi connectivity index (χ2v) is 16.3. The lowest BCUT2D eigenvalue weighted by molar-refractivity contribution is -0.374. The summed E-state index contributed by atoms with van der Waals surface area (Å²) in [6, 6.07) is 11.4. The molecule has 2 aromatic rings. The number of aryl methyl sites for hydroxylation is 1. The Morgan fingerprint density at radius 2 is 1.63 bits per heavy atom. The van der Waals surface area contributed by atoms with Crippen LogP contribution in [0.15, 0.2) is 53.3 Å². The van der Waals surface area contributed by atoms with Gasteiger partial charge < -0.3 is 38.3 Å². The maximum Gasteiger partial charge on any atom is 0.308 e. The average Bonchev–Trinajstić information content (AvgIpc) is 3.44. The van der Waals surface area contributed by atoms with Crippen LogP contribution in [0.4, 0.5) is 0 Å². The van der Waals surface area contributed by atoms with Gasteiger partial charge in [-0.15, -0.1) is 0 Å². The van der Waals surface area contributed by atoms with Crippen LogP contribution in [0.25, 0.3) is 0 Å². The van der Waals surface area contributed by atoms with Crippen LogP contribution in [-0.4, -0.2) is 82.9 Å². The number of hydrogen-bond acceptors (Lipinski definition) is 12. The monoisotopic (exact) mass is 706 g/mol. The Hall–Kier alpha value is -3.58. The Balaban J connectivity index is 1.22. The predicted octanol–water partition coefficient (Wildman–Crippen LogP) is 3.65. The number of Topliss-reactive ketones (excluding diaryl/α,β-unsaturated/α-hetero) is 1. The summed E-state index contributed by atoms with van der Waals surface area (Å²) in [6.07, 6.45) is -1.98. The van der Waals surface area contributed by atoms with Crippen molar-refractivity contribution in [3.05, 3.63) is 60.1 Å². The quantitative estimate of drug-likeness (QED) is 0.244. The van der Waals surface area contributed by atoms with E-state index in [2.05, 4.69) is 0 Å². The minimum atomic E-state index is -1.35. The van der Waals surface area contributed by atoms with Gasteiger partial charge in [0.1, 0.15) is 11.7 Å². The zero-order valence-electron chi connectivity index (χ0n) is 29.5. The normalized spacial score (nSPS) is 46.1. The van der Waals surface area contributed by atoms with E-state index < -0.39 is 93.5 Å². The second kappa shape index (κ2) is 11.5. The molecule has 1 spiro atoms. The molecule has 0 radical (unpaired) electrons. The number of ether oxygens (including phenoxy) is 5. The number of epoxide rings is 1. The molecule has 12 nitrogen and oxygen atoms in total. The number of aliphatic hydroxyl groups excluding tert-OH is 2. The van der Waals surface area contributed by atoms with Crippen molar-refractivity contribution < 1.29 is 57.5 Å². The Morgan fingerprint density at radius 1 is 0.902 bits per heavy atom. The van der Waals surface area contributed by atoms with E-state index in [1.807, 2.05) is 50.2 Å². The largest absolute Gasteiger partial charge is 0.472 e. The summed E-state index contributed by atoms with van der Waals surface area (Å²) in [7, 11) is 0. The van der Waals surface area contributed by atoms with Crippen LogP contribution < -0.4 is 0 Å². The van der Waals surface area contributed by atoms with Crippen LogP contribution >= 0.6 is 0 Å². The standard InChI is InChI=1S/C39H46O12/c1-20(40)48-28-17-27(43)38-19-47-34(50-30(44)12-11-22-9-7-6-8-10-22)35(28,3)25(38)16-26(42)37(5)32(38)31(45)33(49-21(2)41)36(4)24(23-13-14-46-18-23)15-29-39(36,37)51-29/h6-10,13-14,18,24-29,32-34,42-43H,11-12,15-17,19H2,1-5H3/t24-,25-,26+,27-,28+,29+,32-,33-,34+,35+,36+,37+,38+,39+/m0/s1. The molecule has 51 heavy (non-hydrogen) atoms. The van der Waals surface area contributed by atoms with Gasteiger partial charge in [-0.05, 0) is 49.3 Å². The molecule has 4 aliphatic carbocycles. The van der Waals surface area contributed by atoms with Crippen molar-refractivity contribution in [3.63, 3.8) is 0 Å². The van der Waals surface area contributed by atoms with Gasteiger partial charge in [-0.1, -0.05) is 44.2 Å². The zero-order valence-corrected chi connectivity index (χ0v) is 29.5. The third-order valence-corrected chi connectivity index (χ3v) is 14.3. The first-order valence-corrected chi connectivity index (χ1v) is 18.0. The number of hydrogen-bond donors (Lipinski definition) is 2. The van der Waals surface area contributed by atoms with Gasteiger partial charge in [-0.3, -0.25) is 19.2 Å². The first kappa shape index (κ1) is 34.5. The molecule has 1 aromatic carbocycles. The van der Waals surface area contributed by atoms with E-state index >= 15 is 4.79 Å². The van der Waals surface area contributed by atoms with E-state index in [0.29, 0.717) is 12.8 Å². The Labute approximate surface area is 296 Å². The van der Waals surface area contributed by atoms with Gasteiger partial charge in [-0.2, -0.15) is 0 Å². The smallest absolute Gasteiger partial charge is 0.308 e. The third kappa shape index (κ3) is 4.33. The van der Waals surface area contributed by atoms with Gasteiger partial charge in [0.2, 0.25) is 6.29 Å². The lowest BCUT2D eigenvalue weighted by atomic mass is 9.33. The summed E-state index contributed by atoms with van der Waals surface area (Å²) in [5.41, 5.74) is -4.27. The number of carbonyl (C=O) groups excluding carboxylic acids is 4. The average molecular weight is 707 g/mol. The molecule has 0 amide bonds. The van der Waals surface area contributed by atoms with Gasteiger partial charge in [-0.25, -0.2) is 0 Å². The lowest BCUT2D eigenvalue weighted by Crippen LogP contribution is -2.82. The summed E-state index contributed by atoms with van der Waals surface area (Å²) in [5.74, 6) is -4.30. The second-order valence-electron chi connectivity index (χ2n) is 16.3. The molecule has 6 fully saturated rings. The molecule has 0 unspecified atom stereocenters. The molecule has 3 heterocycles. The van der Waals surface area contributed by atoms with Crippen molar-refractivity contribution >= 4 is 23.7 Å². The zero-order chi connectivity index (χ0) is 36.3. The molecular formula is C39H46O12. The van der Waals surface area contributed by atoms with Crippen LogP contribution in [0, 0.1) is 33.5 Å². The molecule has 2 N–H and O–H groups in total. The molecule has 14 atom stereocenters. The van der Waals surface area contributed by atoms with Crippen LogP contribution in [0.5, 0.6) is 0 Å². The number of fused-ring (bicyclic) bond motifs is 1. The number of furan rings is 1. The molecule has 274 valence electrons. The highest BCUT2D eigenvalue weighted by Gasteiger charge is 2.92. The maximum absolute atomic E-state index is 15.4. The van der Waals surface area contributed by atoms with Gasteiger partial charge in [0.15, 0.2) is 11.9 Å². The Kier molecular flexibility index (Phi) is 7.75. The summed E-state index contributed by atoms with van der Waals surface area (Å²) < 4.78 is 36.5. The minimum Gasteiger partial charge on any atom is -0.472 e. The fourth-order valence-electron chi connectivity index (χ4n) is 12.2. The molecule has 2 bridgehead atoms. The van der Waals surface area contributed by atoms with Crippen LogP contribution in [0.1, 0.15) is 77.3 Å². The molecule has 6 aliphatic rings. The SMILES string of the molecule is CC(=O)O[C@@H]1C[C@H](O)[C@@]23CO[C@H](OC(=O)CCc4ccccc4)[C@]1(C)[C@@H]2C[C@@H](O)[C@]1(C)[C@@H]3C(=O)[C@H](OC(C)=O)[C@@]2(C)[C@H](c3ccoc3)C[C@H]3O[C@]321. The first-order chi connectivity index (χ1) is 24.2. The van der Waals surface area contributed by atoms with Gasteiger partial charge >= 0.3 is 17.9 Å². The molecule has 12 heteroatoms. The number of rotatable bonds is 7. The van der Waals surface area contributed by atoms with E-state index in [9.17, 15) is 24.6 Å². The molecule has 1 aromatic heterocycles. The first-order valence-electron chi connectivity index (χ1n) is 18.0. The number of benzene rings is 1. The topological polar surface area (TPSA) is 171 Å². The minimum absolute atomic E-state index is 0.0611. The molecule has 2 aliphatic heterocycles.